The average Bonchev–Trinajstić information content (AvgIpc) is 3.74. The van der Waals surface area contributed by atoms with Gasteiger partial charge in [0.15, 0.2) is 0 Å². The van der Waals surface area contributed by atoms with Crippen LogP contribution in [0.25, 0.3) is 0 Å². The van der Waals surface area contributed by atoms with Crippen molar-refractivity contribution in [3.63, 3.8) is 0 Å². The summed E-state index contributed by atoms with van der Waals surface area (Å²) in [4.78, 5) is 38.3. The summed E-state index contributed by atoms with van der Waals surface area (Å²) in [6, 6.07) is 21.3. The summed E-state index contributed by atoms with van der Waals surface area (Å²) in [5.41, 5.74) is 3.65. The highest BCUT2D eigenvalue weighted by Crippen LogP contribution is 2.31. The first-order valence-corrected chi connectivity index (χ1v) is 13.0. The van der Waals surface area contributed by atoms with Gasteiger partial charge in [0.1, 0.15) is 0 Å². The molecule has 1 saturated heterocycles. The third-order valence-corrected chi connectivity index (χ3v) is 7.07. The van der Waals surface area contributed by atoms with Crippen molar-refractivity contribution in [2.45, 2.75) is 38.1 Å². The molecule has 3 aromatic carbocycles. The van der Waals surface area contributed by atoms with E-state index in [2.05, 4.69) is 45.1 Å². The second kappa shape index (κ2) is 11.3. The van der Waals surface area contributed by atoms with Crippen LogP contribution in [0.15, 0.2) is 72.8 Å². The van der Waals surface area contributed by atoms with Crippen molar-refractivity contribution in [2.75, 3.05) is 28.6 Å². The largest absolute Gasteiger partial charge is 0.371 e. The predicted octanol–water partition coefficient (Wildman–Crippen LogP) is 5.59. The van der Waals surface area contributed by atoms with Crippen LogP contribution in [0.3, 0.4) is 0 Å². The number of nitrogens with one attached hydrogen (secondary N) is 3. The fourth-order valence-electron chi connectivity index (χ4n) is 4.85. The molecule has 1 aliphatic heterocycles. The van der Waals surface area contributed by atoms with Crippen LogP contribution in [0.2, 0.25) is 0 Å². The number of nitrogens with zero attached hydrogens (tertiary/aromatic N) is 2. The predicted molar refractivity (Wildman–Crippen MR) is 148 cm³/mol. The Bertz CT molecular complexity index is 1300. The molecule has 0 unspecified atom stereocenters. The van der Waals surface area contributed by atoms with Crippen LogP contribution < -0.4 is 20.9 Å². The van der Waals surface area contributed by atoms with Crippen molar-refractivity contribution in [1.29, 1.82) is 0 Å². The molecule has 196 valence electrons. The summed E-state index contributed by atoms with van der Waals surface area (Å²) in [6.07, 6.45) is 5.14. The molecule has 2 aliphatic rings. The number of carbonyl (C=O) groups excluding carboxylic acids is 2. The van der Waals surface area contributed by atoms with E-state index < -0.39 is 11.0 Å². The zero-order valence-corrected chi connectivity index (χ0v) is 21.1. The Morgan fingerprint density at radius 3 is 2.18 bits per heavy atom. The second-order valence-corrected chi connectivity index (χ2v) is 9.98. The number of amides is 3. The molecule has 0 bridgehead atoms. The third-order valence-electron chi connectivity index (χ3n) is 7.07. The van der Waals surface area contributed by atoms with Crippen molar-refractivity contribution < 1.29 is 14.5 Å². The van der Waals surface area contributed by atoms with Crippen molar-refractivity contribution in [1.82, 2.24) is 5.32 Å². The molecule has 1 aliphatic carbocycles. The van der Waals surface area contributed by atoms with E-state index >= 15 is 0 Å². The number of benzene rings is 3. The zero-order chi connectivity index (χ0) is 26.5. The minimum atomic E-state index is -0.498. The monoisotopic (exact) mass is 513 g/mol. The Kier molecular flexibility index (Phi) is 7.53. The number of hydrogen-bond donors (Lipinski definition) is 3. The van der Waals surface area contributed by atoms with E-state index in [1.165, 1.54) is 29.8 Å². The fourth-order valence-corrected chi connectivity index (χ4v) is 4.85. The van der Waals surface area contributed by atoms with Crippen LogP contribution in [0.4, 0.5) is 27.5 Å². The highest BCUT2D eigenvalue weighted by molar-refractivity contribution is 6.04. The highest BCUT2D eigenvalue weighted by Gasteiger charge is 2.28. The maximum atomic E-state index is 13.2. The number of nitro benzene ring substituents is 1. The van der Waals surface area contributed by atoms with Gasteiger partial charge in [-0.25, -0.2) is 4.79 Å². The molecule has 0 aromatic heterocycles. The molecule has 3 N–H and O–H groups in total. The van der Waals surface area contributed by atoms with Gasteiger partial charge in [0.2, 0.25) is 0 Å². The molecule has 3 aromatic rings. The first kappa shape index (κ1) is 25.3. The minimum Gasteiger partial charge on any atom is -0.371 e. The van der Waals surface area contributed by atoms with Crippen molar-refractivity contribution in [2.24, 2.45) is 5.92 Å². The Morgan fingerprint density at radius 1 is 0.868 bits per heavy atom. The highest BCUT2D eigenvalue weighted by atomic mass is 16.6. The quantitative estimate of drug-likeness (QED) is 0.268. The van der Waals surface area contributed by atoms with E-state index in [1.54, 1.807) is 12.1 Å². The molecule has 0 radical (unpaired) electrons. The lowest BCUT2D eigenvalue weighted by molar-refractivity contribution is -0.384. The van der Waals surface area contributed by atoms with Gasteiger partial charge in [-0.3, -0.25) is 14.9 Å². The lowest BCUT2D eigenvalue weighted by Gasteiger charge is -2.35. The number of carbonyl (C=O) groups is 2. The molecule has 3 amide bonds. The Hall–Kier alpha value is -4.40. The molecule has 9 heteroatoms. The summed E-state index contributed by atoms with van der Waals surface area (Å²) in [5, 5.41) is 19.4. The number of anilines is 3. The lowest BCUT2D eigenvalue weighted by Crippen LogP contribution is -2.36. The van der Waals surface area contributed by atoms with Gasteiger partial charge in [-0.05, 0) is 73.9 Å². The average molecular weight is 514 g/mol. The third kappa shape index (κ3) is 6.47. The molecule has 9 nitrogen and oxygen atoms in total. The first-order valence-electron chi connectivity index (χ1n) is 13.0. The van der Waals surface area contributed by atoms with Gasteiger partial charge in [-0.2, -0.15) is 0 Å². The molecular formula is C29H31N5O4. The van der Waals surface area contributed by atoms with Gasteiger partial charge in [0.05, 0.1) is 10.5 Å². The van der Waals surface area contributed by atoms with E-state index in [4.69, 9.17) is 0 Å². The van der Waals surface area contributed by atoms with Crippen LogP contribution in [0, 0.1) is 16.0 Å². The van der Waals surface area contributed by atoms with E-state index in [1.807, 2.05) is 12.1 Å². The molecule has 5 rings (SSSR count). The number of non-ortho nitro benzene ring substituents is 1. The van der Waals surface area contributed by atoms with Crippen LogP contribution >= 0.6 is 0 Å². The first-order chi connectivity index (χ1) is 18.4. The summed E-state index contributed by atoms with van der Waals surface area (Å²) in [7, 11) is 0. The van der Waals surface area contributed by atoms with Gasteiger partial charge in [-0.15, -0.1) is 0 Å². The minimum absolute atomic E-state index is 0.0537. The van der Waals surface area contributed by atoms with Crippen LogP contribution in [0.1, 0.15) is 41.6 Å². The maximum Gasteiger partial charge on any atom is 0.323 e. The zero-order valence-electron chi connectivity index (χ0n) is 21.1. The van der Waals surface area contributed by atoms with Crippen LogP contribution in [-0.4, -0.2) is 36.0 Å². The maximum absolute atomic E-state index is 13.2. The van der Waals surface area contributed by atoms with E-state index in [-0.39, 0.29) is 17.6 Å². The molecule has 0 spiro atoms. The Morgan fingerprint density at radius 2 is 1.53 bits per heavy atom. The smallest absolute Gasteiger partial charge is 0.323 e. The van der Waals surface area contributed by atoms with Gasteiger partial charge in [-0.1, -0.05) is 30.3 Å². The summed E-state index contributed by atoms with van der Waals surface area (Å²) >= 11 is 0. The van der Waals surface area contributed by atoms with Gasteiger partial charge in [0, 0.05) is 48.3 Å². The lowest BCUT2D eigenvalue weighted by atomic mass is 9.89. The normalized spacial score (nSPS) is 15.5. The standard InChI is InChI=1S/C29H31N5O4/c35-28(30-22-6-7-22)26-19-24(32-29(36)31-23-8-11-25(12-9-23)34(37)38)10-13-27(26)33-16-14-21(15-17-33)18-20-4-2-1-3-5-20/h1-5,8-13,19,21-22H,6-7,14-18H2,(H,30,35)(H2,31,32,36). The van der Waals surface area contributed by atoms with Crippen molar-refractivity contribution >= 4 is 34.7 Å². The SMILES string of the molecule is O=C(Nc1ccc([N+](=O)[O-])cc1)Nc1ccc(N2CCC(Cc3ccccc3)CC2)c(C(=O)NC2CC2)c1. The molecule has 0 atom stereocenters. The molecular weight excluding hydrogens is 482 g/mol. The van der Waals surface area contributed by atoms with Crippen LogP contribution in [-0.2, 0) is 6.42 Å². The fraction of sp³-hybridized carbons (Fsp3) is 0.310. The van der Waals surface area contributed by atoms with Gasteiger partial charge in [0.25, 0.3) is 11.6 Å². The second-order valence-electron chi connectivity index (χ2n) is 9.98. The number of hydrogen-bond acceptors (Lipinski definition) is 5. The van der Waals surface area contributed by atoms with Gasteiger partial charge < -0.3 is 20.9 Å². The summed E-state index contributed by atoms with van der Waals surface area (Å²) < 4.78 is 0. The molecule has 1 saturated carbocycles. The molecule has 38 heavy (non-hydrogen) atoms. The Balaban J connectivity index is 1.26. The van der Waals surface area contributed by atoms with E-state index in [0.717, 1.165) is 50.9 Å². The van der Waals surface area contributed by atoms with Gasteiger partial charge >= 0.3 is 6.03 Å². The van der Waals surface area contributed by atoms with E-state index in [9.17, 15) is 19.7 Å². The van der Waals surface area contributed by atoms with Crippen molar-refractivity contribution in [3.05, 3.63) is 94.0 Å². The summed E-state index contributed by atoms with van der Waals surface area (Å²) in [5.74, 6) is 0.481. The number of rotatable bonds is 8. The van der Waals surface area contributed by atoms with Crippen molar-refractivity contribution in [3.8, 4) is 0 Å². The molecule has 1 heterocycles. The van der Waals surface area contributed by atoms with Crippen LogP contribution in [0.5, 0.6) is 0 Å². The number of urea groups is 1. The molecule has 2 fully saturated rings. The Labute approximate surface area is 221 Å². The number of nitro groups is 1. The topological polar surface area (TPSA) is 117 Å². The summed E-state index contributed by atoms with van der Waals surface area (Å²) in [6.45, 7) is 1.74. The number of piperidine rings is 1. The van der Waals surface area contributed by atoms with E-state index in [0.29, 0.717) is 22.9 Å².